The van der Waals surface area contributed by atoms with Crippen LogP contribution in [0.3, 0.4) is 0 Å². The van der Waals surface area contributed by atoms with E-state index in [1.165, 1.54) is 29.7 Å². The van der Waals surface area contributed by atoms with Crippen molar-refractivity contribution in [2.45, 2.75) is 44.8 Å². The van der Waals surface area contributed by atoms with Crippen LogP contribution in [0, 0.1) is 6.92 Å². The van der Waals surface area contributed by atoms with E-state index in [4.69, 9.17) is 23.2 Å². The van der Waals surface area contributed by atoms with Crippen LogP contribution in [-0.2, 0) is 13.0 Å². The van der Waals surface area contributed by atoms with Crippen molar-refractivity contribution in [1.29, 1.82) is 0 Å². The predicted molar refractivity (Wildman–Crippen MR) is 88.2 cm³/mol. The number of rotatable bonds is 2. The quantitative estimate of drug-likeness (QED) is 0.817. The first-order chi connectivity index (χ1) is 10.6. The zero-order valence-electron chi connectivity index (χ0n) is 12.4. The molecule has 3 nitrogen and oxygen atoms in total. The Morgan fingerprint density at radius 2 is 2.09 bits per heavy atom. The van der Waals surface area contributed by atoms with Gasteiger partial charge in [0.15, 0.2) is 0 Å². The summed E-state index contributed by atoms with van der Waals surface area (Å²) in [5.74, 6) is 0.871. The normalized spacial score (nSPS) is 23.6. The molecule has 22 heavy (non-hydrogen) atoms. The molecule has 5 heteroatoms. The molecule has 4 rings (SSSR count). The third-order valence-corrected chi connectivity index (χ3v) is 5.54. The van der Waals surface area contributed by atoms with E-state index in [2.05, 4.69) is 20.9 Å². The van der Waals surface area contributed by atoms with E-state index in [-0.39, 0.29) is 0 Å². The number of benzene rings is 1. The van der Waals surface area contributed by atoms with E-state index < -0.39 is 0 Å². The Kier molecular flexibility index (Phi) is 3.60. The number of hydrogen-bond donors (Lipinski definition) is 0. The minimum atomic E-state index is 0.434. The Morgan fingerprint density at radius 3 is 2.91 bits per heavy atom. The highest BCUT2D eigenvalue weighted by Crippen LogP contribution is 2.43. The van der Waals surface area contributed by atoms with Gasteiger partial charge < -0.3 is 0 Å². The molecule has 1 saturated heterocycles. The lowest BCUT2D eigenvalue weighted by atomic mass is 9.98. The molecule has 0 amide bonds. The van der Waals surface area contributed by atoms with Crippen molar-refractivity contribution >= 4 is 23.2 Å². The molecule has 1 aromatic heterocycles. The molecule has 2 aromatic rings. The number of nitrogens with zero attached hydrogens (tertiary/aromatic N) is 3. The van der Waals surface area contributed by atoms with Gasteiger partial charge in [-0.05, 0) is 37.5 Å². The highest BCUT2D eigenvalue weighted by Gasteiger charge is 2.40. The van der Waals surface area contributed by atoms with Gasteiger partial charge in [-0.3, -0.25) is 4.90 Å². The standard InChI is InChI=1S/C17H17Cl2N3/c1-10-20-8-13-16(21-10)7-12-3-5-17(13)22(12)9-11-2-4-14(18)15(19)6-11/h2,4,6,8,12,17H,3,5,7,9H2,1H3/t12-,17+/m1/s1. The Morgan fingerprint density at radius 1 is 1.23 bits per heavy atom. The third kappa shape index (κ3) is 2.41. The zero-order valence-corrected chi connectivity index (χ0v) is 13.9. The van der Waals surface area contributed by atoms with Crippen LogP contribution in [0.4, 0.5) is 0 Å². The van der Waals surface area contributed by atoms with Crippen molar-refractivity contribution in [3.8, 4) is 0 Å². The Bertz CT molecular complexity index is 732. The molecular weight excluding hydrogens is 317 g/mol. The second-order valence-electron chi connectivity index (χ2n) is 6.19. The van der Waals surface area contributed by atoms with Gasteiger partial charge in [-0.1, -0.05) is 29.3 Å². The zero-order chi connectivity index (χ0) is 15.3. The summed E-state index contributed by atoms with van der Waals surface area (Å²) in [6.45, 7) is 2.86. The van der Waals surface area contributed by atoms with Crippen LogP contribution in [0.15, 0.2) is 24.4 Å². The summed E-state index contributed by atoms with van der Waals surface area (Å²) in [6.07, 6.45) is 5.45. The monoisotopic (exact) mass is 333 g/mol. The highest BCUT2D eigenvalue weighted by atomic mass is 35.5. The summed E-state index contributed by atoms with van der Waals surface area (Å²) < 4.78 is 0. The van der Waals surface area contributed by atoms with Crippen molar-refractivity contribution in [3.63, 3.8) is 0 Å². The fourth-order valence-electron chi connectivity index (χ4n) is 3.77. The van der Waals surface area contributed by atoms with Gasteiger partial charge in [0.05, 0.1) is 15.7 Å². The van der Waals surface area contributed by atoms with E-state index >= 15 is 0 Å². The smallest absolute Gasteiger partial charge is 0.125 e. The molecule has 1 fully saturated rings. The Labute approximate surface area is 140 Å². The minimum absolute atomic E-state index is 0.434. The topological polar surface area (TPSA) is 29.0 Å². The maximum Gasteiger partial charge on any atom is 0.125 e. The van der Waals surface area contributed by atoms with Gasteiger partial charge in [-0.2, -0.15) is 0 Å². The molecule has 114 valence electrons. The van der Waals surface area contributed by atoms with Crippen LogP contribution >= 0.6 is 23.2 Å². The van der Waals surface area contributed by atoms with E-state index in [1.807, 2.05) is 25.3 Å². The van der Waals surface area contributed by atoms with E-state index in [0.717, 1.165) is 18.8 Å². The van der Waals surface area contributed by atoms with Gasteiger partial charge in [0.1, 0.15) is 5.82 Å². The molecule has 1 aromatic carbocycles. The molecule has 2 aliphatic rings. The third-order valence-electron chi connectivity index (χ3n) is 4.80. The van der Waals surface area contributed by atoms with Crippen molar-refractivity contribution in [3.05, 3.63) is 57.1 Å². The summed E-state index contributed by atoms with van der Waals surface area (Å²) in [5.41, 5.74) is 3.76. The lowest BCUT2D eigenvalue weighted by Crippen LogP contribution is -2.37. The average molecular weight is 334 g/mol. The number of hydrogen-bond acceptors (Lipinski definition) is 3. The largest absolute Gasteiger partial charge is 0.289 e. The SMILES string of the molecule is Cc1ncc2c(n1)C[C@H]1CC[C@@H]2N1Cc1ccc(Cl)c(Cl)c1. The number of fused-ring (bicyclic) bond motifs is 4. The predicted octanol–water partition coefficient (Wildman–Crippen LogP) is 4.35. The number of halogens is 2. The summed E-state index contributed by atoms with van der Waals surface area (Å²) in [6, 6.07) is 6.93. The summed E-state index contributed by atoms with van der Waals surface area (Å²) >= 11 is 12.2. The van der Waals surface area contributed by atoms with Crippen LogP contribution in [-0.4, -0.2) is 20.9 Å². The lowest BCUT2D eigenvalue weighted by molar-refractivity contribution is 0.166. The summed E-state index contributed by atoms with van der Waals surface area (Å²) in [7, 11) is 0. The molecule has 2 bridgehead atoms. The van der Waals surface area contributed by atoms with E-state index in [9.17, 15) is 0 Å². The Hall–Kier alpha value is -1.16. The molecule has 0 unspecified atom stereocenters. The first kappa shape index (κ1) is 14.4. The van der Waals surface area contributed by atoms with Crippen molar-refractivity contribution in [2.24, 2.45) is 0 Å². The van der Waals surface area contributed by atoms with E-state index in [0.29, 0.717) is 22.1 Å². The highest BCUT2D eigenvalue weighted by molar-refractivity contribution is 6.42. The summed E-state index contributed by atoms with van der Waals surface area (Å²) in [4.78, 5) is 11.6. The lowest BCUT2D eigenvalue weighted by Gasteiger charge is -2.35. The fourth-order valence-corrected chi connectivity index (χ4v) is 4.09. The molecule has 0 spiro atoms. The van der Waals surface area contributed by atoms with Crippen LogP contribution in [0.5, 0.6) is 0 Å². The number of aryl methyl sites for hydroxylation is 1. The van der Waals surface area contributed by atoms with Crippen LogP contribution in [0.25, 0.3) is 0 Å². The van der Waals surface area contributed by atoms with Crippen molar-refractivity contribution in [2.75, 3.05) is 0 Å². The maximum atomic E-state index is 6.15. The summed E-state index contributed by atoms with van der Waals surface area (Å²) in [5, 5.41) is 1.24. The first-order valence-corrected chi connectivity index (χ1v) is 8.39. The van der Waals surface area contributed by atoms with Crippen LogP contribution in [0.2, 0.25) is 10.0 Å². The van der Waals surface area contributed by atoms with Gasteiger partial charge in [0.2, 0.25) is 0 Å². The fraction of sp³-hybridized carbons (Fsp3) is 0.412. The molecule has 0 aliphatic carbocycles. The van der Waals surface area contributed by atoms with E-state index in [1.54, 1.807) is 0 Å². The van der Waals surface area contributed by atoms with Crippen LogP contribution < -0.4 is 0 Å². The van der Waals surface area contributed by atoms with Gasteiger partial charge in [-0.25, -0.2) is 9.97 Å². The molecule has 3 heterocycles. The molecule has 2 aliphatic heterocycles. The molecule has 2 atom stereocenters. The second kappa shape index (κ2) is 5.48. The Balaban J connectivity index is 1.64. The van der Waals surface area contributed by atoms with Crippen LogP contribution in [0.1, 0.15) is 41.5 Å². The van der Waals surface area contributed by atoms with Gasteiger partial charge in [0.25, 0.3) is 0 Å². The number of aromatic nitrogens is 2. The minimum Gasteiger partial charge on any atom is -0.289 e. The van der Waals surface area contributed by atoms with Gasteiger partial charge >= 0.3 is 0 Å². The van der Waals surface area contributed by atoms with Crippen molar-refractivity contribution in [1.82, 2.24) is 14.9 Å². The van der Waals surface area contributed by atoms with Crippen molar-refractivity contribution < 1.29 is 0 Å². The molecule has 0 radical (unpaired) electrons. The molecular formula is C17H17Cl2N3. The first-order valence-electron chi connectivity index (χ1n) is 7.64. The second-order valence-corrected chi connectivity index (χ2v) is 7.01. The molecule has 0 N–H and O–H groups in total. The average Bonchev–Trinajstić information content (AvgIpc) is 2.76. The maximum absolute atomic E-state index is 6.15. The van der Waals surface area contributed by atoms with Gasteiger partial charge in [0, 0.05) is 36.8 Å². The molecule has 0 saturated carbocycles. The van der Waals surface area contributed by atoms with Gasteiger partial charge in [-0.15, -0.1) is 0 Å².